The summed E-state index contributed by atoms with van der Waals surface area (Å²) < 4.78 is 0. The van der Waals surface area contributed by atoms with E-state index >= 15 is 0 Å². The van der Waals surface area contributed by atoms with Gasteiger partial charge in [0, 0.05) is 31.2 Å². The Kier molecular flexibility index (Phi) is 23.8. The smallest absolute Gasteiger partial charge is 0.327 e. The van der Waals surface area contributed by atoms with Crippen LogP contribution in [0.1, 0.15) is 62.6 Å². The molecule has 4 rings (SSSR count). The summed E-state index contributed by atoms with van der Waals surface area (Å²) in [7, 11) is 0. The zero-order chi connectivity index (χ0) is 52.6. The molecule has 6 amide bonds. The Labute approximate surface area is 424 Å². The zero-order valence-electron chi connectivity index (χ0n) is 40.6. The first-order valence-corrected chi connectivity index (χ1v) is 24.5. The van der Waals surface area contributed by atoms with Crippen molar-refractivity contribution in [2.24, 2.45) is 11.5 Å². The Balaban J connectivity index is 1.62. The van der Waals surface area contributed by atoms with Gasteiger partial charge in [0.05, 0.1) is 12.6 Å². The van der Waals surface area contributed by atoms with Crippen molar-refractivity contribution < 1.29 is 43.8 Å². The number of nitrogens with two attached hydrogens (primary N) is 2. The number of fused-ring (bicyclic) bond motifs is 1. The van der Waals surface area contributed by atoms with Crippen LogP contribution >= 0.6 is 12.6 Å². The molecule has 0 unspecified atom stereocenters. The molecule has 21 heteroatoms. The van der Waals surface area contributed by atoms with Crippen molar-refractivity contribution in [3.8, 4) is 5.75 Å². The molecule has 0 aliphatic rings. The largest absolute Gasteiger partial charge is 0.508 e. The van der Waals surface area contributed by atoms with Crippen LogP contribution in [-0.4, -0.2) is 125 Å². The van der Waals surface area contributed by atoms with Gasteiger partial charge in [0.2, 0.25) is 35.4 Å². The van der Waals surface area contributed by atoms with Gasteiger partial charge in [-0.25, -0.2) is 4.79 Å². The quantitative estimate of drug-likeness (QED) is 0.0150. The summed E-state index contributed by atoms with van der Waals surface area (Å²) >= 11 is 3.96. The number of carboxylic acid groups (broad SMARTS) is 1. The van der Waals surface area contributed by atoms with Gasteiger partial charge in [0.1, 0.15) is 36.0 Å². The number of carbonyl (C=O) groups excluding carboxylic acids is 6. The summed E-state index contributed by atoms with van der Waals surface area (Å²) in [4.78, 5) is 95.1. The minimum atomic E-state index is -1.32. The lowest BCUT2D eigenvalue weighted by Gasteiger charge is -2.27. The Morgan fingerprint density at radius 2 is 1.12 bits per heavy atom. The van der Waals surface area contributed by atoms with Crippen molar-refractivity contribution in [1.29, 1.82) is 5.41 Å². The monoisotopic (exact) mass is 1010 g/mol. The van der Waals surface area contributed by atoms with Gasteiger partial charge >= 0.3 is 5.97 Å². The zero-order valence-corrected chi connectivity index (χ0v) is 41.5. The number of aromatic hydroxyl groups is 1. The number of unbranched alkanes of at least 4 members (excludes halogenated alkanes) is 1. The molecule has 0 radical (unpaired) electrons. The van der Waals surface area contributed by atoms with E-state index in [1.165, 1.54) is 12.1 Å². The van der Waals surface area contributed by atoms with Gasteiger partial charge in [-0.1, -0.05) is 98.8 Å². The molecule has 20 nitrogen and oxygen atoms in total. The van der Waals surface area contributed by atoms with Crippen LogP contribution in [-0.2, 0) is 52.8 Å². The molecular weight excluding hydrogens is 943 g/mol. The topological polar surface area (TPSA) is 332 Å². The minimum absolute atomic E-state index is 0.00310. The molecule has 4 aromatic rings. The maximum atomic E-state index is 14.5. The van der Waals surface area contributed by atoms with E-state index in [0.717, 1.165) is 16.3 Å². The summed E-state index contributed by atoms with van der Waals surface area (Å²) in [6, 6.07) is 21.0. The number of thiol groups is 1. The Morgan fingerprint density at radius 1 is 0.583 bits per heavy atom. The lowest BCUT2D eigenvalue weighted by molar-refractivity contribution is -0.141. The van der Waals surface area contributed by atoms with Gasteiger partial charge in [-0.15, -0.1) is 0 Å². The van der Waals surface area contributed by atoms with Crippen LogP contribution in [0.25, 0.3) is 10.8 Å². The van der Waals surface area contributed by atoms with Crippen molar-refractivity contribution in [2.45, 2.75) is 108 Å². The van der Waals surface area contributed by atoms with Crippen LogP contribution in [0.5, 0.6) is 5.75 Å². The molecule has 388 valence electrons. The maximum absolute atomic E-state index is 14.5. The highest BCUT2D eigenvalue weighted by Crippen LogP contribution is 2.18. The molecule has 0 aliphatic heterocycles. The van der Waals surface area contributed by atoms with Crippen molar-refractivity contribution in [2.75, 3.05) is 25.4 Å². The van der Waals surface area contributed by atoms with Crippen molar-refractivity contribution in [3.63, 3.8) is 0 Å². The fourth-order valence-electron chi connectivity index (χ4n) is 7.60. The van der Waals surface area contributed by atoms with E-state index in [1.807, 2.05) is 80.6 Å². The molecular formula is C51H69N11O9S. The number of phenolic OH excluding ortho intramolecular Hbond substituents is 1. The molecule has 4 aromatic carbocycles. The third kappa shape index (κ3) is 20.2. The minimum Gasteiger partial charge on any atom is -0.508 e. The summed E-state index contributed by atoms with van der Waals surface area (Å²) in [5, 5.41) is 50.6. The number of aliphatic carboxylic acids is 1. The molecule has 0 saturated carbocycles. The lowest BCUT2D eigenvalue weighted by atomic mass is 10.00. The number of benzene rings is 4. The fraction of sp³-hybridized carbons (Fsp3) is 0.412. The van der Waals surface area contributed by atoms with E-state index in [1.54, 1.807) is 18.2 Å². The number of nitrogens with one attached hydrogen (secondary N) is 9. The Bertz CT molecular complexity index is 2450. The van der Waals surface area contributed by atoms with Gasteiger partial charge in [0.15, 0.2) is 5.96 Å². The van der Waals surface area contributed by atoms with Crippen LogP contribution in [0.2, 0.25) is 0 Å². The highest BCUT2D eigenvalue weighted by Gasteiger charge is 2.32. The molecule has 0 spiro atoms. The number of guanidine groups is 1. The van der Waals surface area contributed by atoms with Crippen molar-refractivity contribution in [1.82, 2.24) is 42.5 Å². The number of carbonyl (C=O) groups is 7. The lowest BCUT2D eigenvalue weighted by Crippen LogP contribution is -2.59. The molecule has 0 aromatic heterocycles. The summed E-state index contributed by atoms with van der Waals surface area (Å²) in [6.07, 6.45) is 1.47. The second-order valence-corrected chi connectivity index (χ2v) is 18.1. The van der Waals surface area contributed by atoms with E-state index in [0.29, 0.717) is 30.5 Å². The average molecular weight is 1010 g/mol. The summed E-state index contributed by atoms with van der Waals surface area (Å²) in [5.41, 5.74) is 13.9. The van der Waals surface area contributed by atoms with Crippen LogP contribution in [0.15, 0.2) is 97.1 Å². The van der Waals surface area contributed by atoms with E-state index in [-0.39, 0.29) is 68.6 Å². The predicted molar refractivity (Wildman–Crippen MR) is 278 cm³/mol. The Morgan fingerprint density at radius 3 is 1.75 bits per heavy atom. The molecule has 0 heterocycles. The SMILES string of the molecule is CC(C)NCCCC[C@H](NC(=O)[C@H](Cc1ccc(O)cc1)NC(=O)[C@@H](N)Cc1ccccc1)C(=O)N[C@H](CCCNC(=N)N)C(=O)N[C@@H](Cc1ccc2ccccc2c1)C(=O)NCC(=O)N[C@@H](CS)C(=O)O. The van der Waals surface area contributed by atoms with E-state index < -0.39 is 84.2 Å². The maximum Gasteiger partial charge on any atom is 0.327 e. The molecule has 72 heavy (non-hydrogen) atoms. The molecule has 0 aliphatic carbocycles. The third-order valence-electron chi connectivity index (χ3n) is 11.5. The first kappa shape index (κ1) is 57.3. The highest BCUT2D eigenvalue weighted by atomic mass is 32.1. The predicted octanol–water partition coefficient (Wildman–Crippen LogP) is 0.887. The molecule has 0 bridgehead atoms. The van der Waals surface area contributed by atoms with Gasteiger partial charge in [-0.05, 0) is 84.7 Å². The number of phenols is 1. The standard InChI is InChI=1S/C51H69N11O9S/c1-31(2)55-23-9-8-15-39(60-49(69)42(27-33-18-21-37(63)22-19-33)61-45(65)38(52)26-32-11-4-3-5-12-32)47(67)59-40(16-10-24-56-51(53)54)48(68)62-41(28-34-17-20-35-13-6-7-14-36(35)25-34)46(66)57-29-44(64)58-43(30-72)50(70)71/h3-7,11-14,17-22,25,31,38-43,55,63,72H,8-10,15-16,23-24,26-30,52H2,1-2H3,(H,57,66)(H,58,64)(H,59,67)(H,60,69)(H,61,65)(H,62,68)(H,70,71)(H4,53,54,56)/t38-,39-,40+,41-,42-,43-/m0/s1. The second kappa shape index (κ2) is 29.8. The number of hydrogen-bond donors (Lipinski definition) is 14. The van der Waals surface area contributed by atoms with E-state index in [9.17, 15) is 43.8 Å². The van der Waals surface area contributed by atoms with Crippen molar-refractivity contribution >= 4 is 70.8 Å². The first-order chi connectivity index (χ1) is 34.4. The second-order valence-electron chi connectivity index (χ2n) is 17.7. The van der Waals surface area contributed by atoms with E-state index in [2.05, 4.69) is 55.2 Å². The van der Waals surface area contributed by atoms with Crippen LogP contribution in [0.3, 0.4) is 0 Å². The van der Waals surface area contributed by atoms with Crippen LogP contribution in [0.4, 0.5) is 0 Å². The molecule has 6 atom stereocenters. The van der Waals surface area contributed by atoms with E-state index in [4.69, 9.17) is 16.9 Å². The molecule has 15 N–H and O–H groups in total. The Hall–Kier alpha value is -7.23. The van der Waals surface area contributed by atoms with Crippen LogP contribution < -0.4 is 54.0 Å². The van der Waals surface area contributed by atoms with Gasteiger partial charge in [-0.2, -0.15) is 12.6 Å². The van der Waals surface area contributed by atoms with Crippen LogP contribution in [0, 0.1) is 5.41 Å². The van der Waals surface area contributed by atoms with Crippen molar-refractivity contribution in [3.05, 3.63) is 114 Å². The van der Waals surface area contributed by atoms with Gasteiger partial charge in [-0.3, -0.25) is 34.2 Å². The first-order valence-electron chi connectivity index (χ1n) is 23.9. The fourth-order valence-corrected chi connectivity index (χ4v) is 7.84. The number of carboxylic acids is 1. The number of hydrogen-bond acceptors (Lipinski definition) is 12. The third-order valence-corrected chi connectivity index (χ3v) is 11.9. The highest BCUT2D eigenvalue weighted by molar-refractivity contribution is 7.80. The average Bonchev–Trinajstić information content (AvgIpc) is 3.35. The molecule has 0 saturated heterocycles. The normalized spacial score (nSPS) is 13.6. The number of rotatable bonds is 30. The van der Waals surface area contributed by atoms with Gasteiger partial charge < -0.3 is 64.2 Å². The van der Waals surface area contributed by atoms with Gasteiger partial charge in [0.25, 0.3) is 0 Å². The number of amides is 6. The summed E-state index contributed by atoms with van der Waals surface area (Å²) in [5.74, 6) is -6.27. The molecule has 0 fully saturated rings. The summed E-state index contributed by atoms with van der Waals surface area (Å²) in [6.45, 7) is 4.12.